The summed E-state index contributed by atoms with van der Waals surface area (Å²) in [5.74, 6) is 1.34. The lowest BCUT2D eigenvalue weighted by Gasteiger charge is -2.26. The van der Waals surface area contributed by atoms with Crippen molar-refractivity contribution in [3.8, 4) is 0 Å². The summed E-state index contributed by atoms with van der Waals surface area (Å²) in [6, 6.07) is 0. The predicted octanol–water partition coefficient (Wildman–Crippen LogP) is 1.46. The number of hydrogen-bond acceptors (Lipinski definition) is 3. The highest BCUT2D eigenvalue weighted by atomic mass is 16.4. The quantitative estimate of drug-likeness (QED) is 0.295. The summed E-state index contributed by atoms with van der Waals surface area (Å²) in [4.78, 5) is 11.3. The van der Waals surface area contributed by atoms with E-state index in [1.54, 1.807) is 0 Å². The zero-order valence-electron chi connectivity index (χ0n) is 10.5. The fourth-order valence-electron chi connectivity index (χ4n) is 2.50. The fraction of sp³-hybridized carbons (Fsp3) is 0.833. The molecule has 0 spiro atoms. The molecule has 2 unspecified atom stereocenters. The van der Waals surface area contributed by atoms with Gasteiger partial charge in [0.1, 0.15) is 5.84 Å². The average Bonchev–Trinajstić information content (AvgIpc) is 2.29. The van der Waals surface area contributed by atoms with Gasteiger partial charge < -0.3 is 16.3 Å². The Kier molecular flexibility index (Phi) is 5.80. The molecule has 0 bridgehead atoms. The van der Waals surface area contributed by atoms with Gasteiger partial charge in [0.15, 0.2) is 0 Å². The number of carbonyl (C=O) groups excluding carboxylic acids is 1. The molecular weight excluding hydrogens is 218 g/mol. The van der Waals surface area contributed by atoms with Crippen LogP contribution in [-0.2, 0) is 4.79 Å². The molecule has 5 nitrogen and oxygen atoms in total. The van der Waals surface area contributed by atoms with Crippen LogP contribution in [-0.4, -0.2) is 23.5 Å². The highest BCUT2D eigenvalue weighted by molar-refractivity contribution is 5.98. The van der Waals surface area contributed by atoms with Crippen molar-refractivity contribution in [2.24, 2.45) is 22.7 Å². The van der Waals surface area contributed by atoms with Gasteiger partial charge in [0.25, 0.3) is 0 Å². The minimum absolute atomic E-state index is 0.0302. The zero-order chi connectivity index (χ0) is 12.7. The molecule has 1 fully saturated rings. The number of nitrogens with zero attached hydrogens (tertiary/aromatic N) is 1. The van der Waals surface area contributed by atoms with Gasteiger partial charge in [-0.1, -0.05) is 31.3 Å². The fourth-order valence-corrected chi connectivity index (χ4v) is 2.50. The maximum Gasteiger partial charge on any atom is 0.227 e. The zero-order valence-corrected chi connectivity index (χ0v) is 10.5. The van der Waals surface area contributed by atoms with Gasteiger partial charge in [-0.25, -0.2) is 0 Å². The lowest BCUT2D eigenvalue weighted by atomic mass is 9.81. The van der Waals surface area contributed by atoms with Crippen molar-refractivity contribution in [3.63, 3.8) is 0 Å². The highest BCUT2D eigenvalue weighted by Gasteiger charge is 2.18. The third-order valence-corrected chi connectivity index (χ3v) is 3.39. The van der Waals surface area contributed by atoms with E-state index in [1.807, 2.05) is 0 Å². The Balaban J connectivity index is 2.12. The van der Waals surface area contributed by atoms with Gasteiger partial charge in [0, 0.05) is 6.54 Å². The minimum atomic E-state index is -0.177. The minimum Gasteiger partial charge on any atom is -0.409 e. The van der Waals surface area contributed by atoms with Crippen molar-refractivity contribution >= 4 is 11.7 Å². The van der Waals surface area contributed by atoms with Crippen LogP contribution < -0.4 is 11.1 Å². The standard InChI is InChI=1S/C12H23N3O2/c1-9-3-2-4-10(7-9)5-6-14-12(16)8-11(13)15-17/h9-10,17H,2-8H2,1H3,(H2,13,15)(H,14,16). The topological polar surface area (TPSA) is 87.7 Å². The summed E-state index contributed by atoms with van der Waals surface area (Å²) in [6.45, 7) is 2.98. The molecule has 5 heteroatoms. The number of oxime groups is 1. The Hall–Kier alpha value is -1.26. The maximum atomic E-state index is 11.3. The van der Waals surface area contributed by atoms with Crippen LogP contribution in [0.25, 0.3) is 0 Å². The van der Waals surface area contributed by atoms with E-state index in [2.05, 4.69) is 17.4 Å². The lowest BCUT2D eigenvalue weighted by molar-refractivity contribution is -0.120. The Morgan fingerprint density at radius 3 is 2.94 bits per heavy atom. The molecule has 1 saturated carbocycles. The molecular formula is C12H23N3O2. The molecule has 98 valence electrons. The second-order valence-electron chi connectivity index (χ2n) is 5.04. The van der Waals surface area contributed by atoms with Gasteiger partial charge in [0.05, 0.1) is 6.42 Å². The van der Waals surface area contributed by atoms with E-state index in [0.717, 1.165) is 18.3 Å². The van der Waals surface area contributed by atoms with Gasteiger partial charge in [-0.2, -0.15) is 0 Å². The molecule has 0 aromatic rings. The maximum absolute atomic E-state index is 11.3. The lowest BCUT2D eigenvalue weighted by Crippen LogP contribution is -2.30. The van der Waals surface area contributed by atoms with Gasteiger partial charge in [-0.05, 0) is 24.7 Å². The van der Waals surface area contributed by atoms with E-state index in [1.165, 1.54) is 25.7 Å². The largest absolute Gasteiger partial charge is 0.409 e. The highest BCUT2D eigenvalue weighted by Crippen LogP contribution is 2.30. The van der Waals surface area contributed by atoms with E-state index in [-0.39, 0.29) is 18.2 Å². The molecule has 0 saturated heterocycles. The van der Waals surface area contributed by atoms with Gasteiger partial charge >= 0.3 is 0 Å². The Bertz CT molecular complexity index is 279. The van der Waals surface area contributed by atoms with Crippen molar-refractivity contribution < 1.29 is 10.0 Å². The molecule has 1 amide bonds. The monoisotopic (exact) mass is 241 g/mol. The first-order valence-corrected chi connectivity index (χ1v) is 6.35. The third kappa shape index (κ3) is 5.56. The molecule has 4 N–H and O–H groups in total. The molecule has 0 aliphatic heterocycles. The van der Waals surface area contributed by atoms with Crippen LogP contribution in [0.3, 0.4) is 0 Å². The summed E-state index contributed by atoms with van der Waals surface area (Å²) < 4.78 is 0. The molecule has 1 aliphatic rings. The summed E-state index contributed by atoms with van der Waals surface area (Å²) in [7, 11) is 0. The van der Waals surface area contributed by atoms with Crippen LogP contribution in [0, 0.1) is 11.8 Å². The molecule has 0 aromatic carbocycles. The van der Waals surface area contributed by atoms with Crippen LogP contribution in [0.2, 0.25) is 0 Å². The van der Waals surface area contributed by atoms with Crippen LogP contribution in [0.5, 0.6) is 0 Å². The molecule has 0 aromatic heterocycles. The average molecular weight is 241 g/mol. The van der Waals surface area contributed by atoms with E-state index in [0.29, 0.717) is 6.54 Å². The van der Waals surface area contributed by atoms with Gasteiger partial charge in [-0.3, -0.25) is 4.79 Å². The Morgan fingerprint density at radius 2 is 2.29 bits per heavy atom. The SMILES string of the molecule is CC1CCCC(CCNC(=O)CC(N)=NO)C1. The van der Waals surface area contributed by atoms with E-state index < -0.39 is 0 Å². The van der Waals surface area contributed by atoms with E-state index in [4.69, 9.17) is 10.9 Å². The summed E-state index contributed by atoms with van der Waals surface area (Å²) in [5, 5.41) is 13.9. The molecule has 0 heterocycles. The molecule has 0 radical (unpaired) electrons. The number of amidine groups is 1. The normalized spacial score (nSPS) is 25.6. The van der Waals surface area contributed by atoms with Crippen molar-refractivity contribution in [2.75, 3.05) is 6.54 Å². The Morgan fingerprint density at radius 1 is 1.53 bits per heavy atom. The smallest absolute Gasteiger partial charge is 0.227 e. The van der Waals surface area contributed by atoms with Gasteiger partial charge in [-0.15, -0.1) is 0 Å². The van der Waals surface area contributed by atoms with Crippen molar-refractivity contribution in [3.05, 3.63) is 0 Å². The Labute approximate surface area is 102 Å². The predicted molar refractivity (Wildman–Crippen MR) is 66.8 cm³/mol. The second-order valence-corrected chi connectivity index (χ2v) is 5.04. The molecule has 17 heavy (non-hydrogen) atoms. The third-order valence-electron chi connectivity index (χ3n) is 3.39. The van der Waals surface area contributed by atoms with Crippen LogP contribution in [0.15, 0.2) is 5.16 Å². The second kappa shape index (κ2) is 7.14. The number of nitrogens with two attached hydrogens (primary N) is 1. The number of hydrogen-bond donors (Lipinski definition) is 3. The number of nitrogens with one attached hydrogen (secondary N) is 1. The summed E-state index contributed by atoms with van der Waals surface area (Å²) >= 11 is 0. The summed E-state index contributed by atoms with van der Waals surface area (Å²) in [5.41, 5.74) is 5.25. The molecule has 2 atom stereocenters. The van der Waals surface area contributed by atoms with Crippen LogP contribution in [0.1, 0.15) is 45.4 Å². The van der Waals surface area contributed by atoms with Crippen LogP contribution >= 0.6 is 0 Å². The van der Waals surface area contributed by atoms with Gasteiger partial charge in [0.2, 0.25) is 5.91 Å². The van der Waals surface area contributed by atoms with Crippen molar-refractivity contribution in [1.82, 2.24) is 5.32 Å². The number of rotatable bonds is 5. The van der Waals surface area contributed by atoms with E-state index in [9.17, 15) is 4.79 Å². The first-order valence-electron chi connectivity index (χ1n) is 6.35. The number of amides is 1. The first kappa shape index (κ1) is 13.8. The molecule has 1 aliphatic carbocycles. The summed E-state index contributed by atoms with van der Waals surface area (Å²) in [6.07, 6.45) is 6.20. The number of carbonyl (C=O) groups is 1. The van der Waals surface area contributed by atoms with E-state index >= 15 is 0 Å². The van der Waals surface area contributed by atoms with Crippen molar-refractivity contribution in [1.29, 1.82) is 0 Å². The first-order chi connectivity index (χ1) is 8.11. The molecule has 1 rings (SSSR count). The van der Waals surface area contributed by atoms with Crippen molar-refractivity contribution in [2.45, 2.75) is 45.4 Å². The van der Waals surface area contributed by atoms with Crippen LogP contribution in [0.4, 0.5) is 0 Å².